The highest BCUT2D eigenvalue weighted by atomic mass is 16.5. The Kier molecular flexibility index (Phi) is 3.66. The maximum Gasteiger partial charge on any atom is 0.238 e. The van der Waals surface area contributed by atoms with Crippen LogP contribution in [0.15, 0.2) is 24.3 Å². The van der Waals surface area contributed by atoms with Crippen molar-refractivity contribution in [1.82, 2.24) is 10.2 Å². The van der Waals surface area contributed by atoms with Crippen LogP contribution in [0.2, 0.25) is 0 Å². The highest BCUT2D eigenvalue weighted by Crippen LogP contribution is 2.44. The fourth-order valence-electron chi connectivity index (χ4n) is 3.79. The number of carbonyl (C=O) groups excluding carboxylic acids is 1. The molecule has 21 heavy (non-hydrogen) atoms. The SMILES string of the molecule is COc1cccc(C2NCC(=O)N2C2CCCC2(C)C)c1. The third kappa shape index (κ3) is 2.53. The van der Waals surface area contributed by atoms with Crippen molar-refractivity contribution in [2.45, 2.75) is 45.3 Å². The van der Waals surface area contributed by atoms with Crippen LogP contribution in [0.25, 0.3) is 0 Å². The normalized spacial score (nSPS) is 28.1. The fourth-order valence-corrected chi connectivity index (χ4v) is 3.79. The van der Waals surface area contributed by atoms with Gasteiger partial charge in [-0.3, -0.25) is 10.1 Å². The molecule has 114 valence electrons. The monoisotopic (exact) mass is 288 g/mol. The quantitative estimate of drug-likeness (QED) is 0.930. The van der Waals surface area contributed by atoms with Gasteiger partial charge >= 0.3 is 0 Å². The molecule has 1 aliphatic carbocycles. The Hall–Kier alpha value is -1.55. The molecule has 1 N–H and O–H groups in total. The molecular weight excluding hydrogens is 264 g/mol. The number of benzene rings is 1. The zero-order chi connectivity index (χ0) is 15.0. The van der Waals surface area contributed by atoms with Crippen molar-refractivity contribution in [3.8, 4) is 5.75 Å². The number of nitrogens with zero attached hydrogens (tertiary/aromatic N) is 1. The van der Waals surface area contributed by atoms with Crippen LogP contribution in [0, 0.1) is 5.41 Å². The summed E-state index contributed by atoms with van der Waals surface area (Å²) < 4.78 is 5.31. The third-order valence-electron chi connectivity index (χ3n) is 4.96. The van der Waals surface area contributed by atoms with Crippen LogP contribution in [-0.4, -0.2) is 30.5 Å². The lowest BCUT2D eigenvalue weighted by Gasteiger charge is -2.38. The van der Waals surface area contributed by atoms with Crippen LogP contribution >= 0.6 is 0 Å². The third-order valence-corrected chi connectivity index (χ3v) is 4.96. The summed E-state index contributed by atoms with van der Waals surface area (Å²) >= 11 is 0. The predicted molar refractivity (Wildman–Crippen MR) is 82.0 cm³/mol. The van der Waals surface area contributed by atoms with E-state index in [9.17, 15) is 4.79 Å². The molecular formula is C17H24N2O2. The minimum absolute atomic E-state index is 0.0324. The van der Waals surface area contributed by atoms with Crippen molar-refractivity contribution >= 4 is 5.91 Å². The summed E-state index contributed by atoms with van der Waals surface area (Å²) in [6.07, 6.45) is 3.45. The summed E-state index contributed by atoms with van der Waals surface area (Å²) in [6.45, 7) is 4.98. The molecule has 3 rings (SSSR count). The average Bonchev–Trinajstić information content (AvgIpc) is 3.01. The first-order valence-corrected chi connectivity index (χ1v) is 7.71. The molecule has 1 aromatic rings. The summed E-state index contributed by atoms with van der Waals surface area (Å²) in [6, 6.07) is 8.32. The van der Waals surface area contributed by atoms with Gasteiger partial charge in [-0.15, -0.1) is 0 Å². The number of rotatable bonds is 3. The Bertz CT molecular complexity index is 541. The first-order valence-electron chi connectivity index (χ1n) is 7.71. The van der Waals surface area contributed by atoms with Gasteiger partial charge < -0.3 is 9.64 Å². The minimum atomic E-state index is -0.0324. The molecule has 1 saturated carbocycles. The molecule has 0 aromatic heterocycles. The molecule has 2 atom stereocenters. The molecule has 2 fully saturated rings. The van der Waals surface area contributed by atoms with Crippen LogP contribution in [0.1, 0.15) is 44.8 Å². The van der Waals surface area contributed by atoms with E-state index >= 15 is 0 Å². The average molecular weight is 288 g/mol. The number of hydrogen-bond acceptors (Lipinski definition) is 3. The second-order valence-electron chi connectivity index (χ2n) is 6.76. The molecule has 2 aliphatic rings. The molecule has 4 heteroatoms. The summed E-state index contributed by atoms with van der Waals surface area (Å²) in [7, 11) is 1.67. The molecule has 1 aromatic carbocycles. The van der Waals surface area contributed by atoms with Gasteiger partial charge in [-0.05, 0) is 36.0 Å². The fraction of sp³-hybridized carbons (Fsp3) is 0.588. The molecule has 1 aliphatic heterocycles. The zero-order valence-electron chi connectivity index (χ0n) is 13.1. The standard InChI is InChI=1S/C17H24N2O2/c1-17(2)9-5-8-14(17)19-15(20)11-18-16(19)12-6-4-7-13(10-12)21-3/h4,6-7,10,14,16,18H,5,8-9,11H2,1-3H3. The maximum absolute atomic E-state index is 12.4. The molecule has 1 heterocycles. The van der Waals surface area contributed by atoms with Crippen LogP contribution < -0.4 is 10.1 Å². The van der Waals surface area contributed by atoms with E-state index in [0.717, 1.165) is 17.7 Å². The van der Waals surface area contributed by atoms with Crippen molar-refractivity contribution in [2.75, 3.05) is 13.7 Å². The van der Waals surface area contributed by atoms with E-state index in [-0.39, 0.29) is 17.5 Å². The van der Waals surface area contributed by atoms with Crippen molar-refractivity contribution < 1.29 is 9.53 Å². The van der Waals surface area contributed by atoms with Crippen molar-refractivity contribution in [2.24, 2.45) is 5.41 Å². The largest absolute Gasteiger partial charge is 0.497 e. The molecule has 2 unspecified atom stereocenters. The maximum atomic E-state index is 12.4. The van der Waals surface area contributed by atoms with Gasteiger partial charge in [0.15, 0.2) is 0 Å². The van der Waals surface area contributed by atoms with Gasteiger partial charge in [-0.1, -0.05) is 32.4 Å². The first kappa shape index (κ1) is 14.4. The topological polar surface area (TPSA) is 41.6 Å². The molecule has 0 bridgehead atoms. The minimum Gasteiger partial charge on any atom is -0.497 e. The van der Waals surface area contributed by atoms with E-state index in [1.54, 1.807) is 7.11 Å². The van der Waals surface area contributed by atoms with Gasteiger partial charge in [0.2, 0.25) is 5.91 Å². The van der Waals surface area contributed by atoms with Gasteiger partial charge in [0.1, 0.15) is 11.9 Å². The Morgan fingerprint density at radius 3 is 2.86 bits per heavy atom. The summed E-state index contributed by atoms with van der Waals surface area (Å²) in [5.41, 5.74) is 1.29. The summed E-state index contributed by atoms with van der Waals surface area (Å²) in [5, 5.41) is 3.36. The summed E-state index contributed by atoms with van der Waals surface area (Å²) in [4.78, 5) is 14.5. The highest BCUT2D eigenvalue weighted by Gasteiger charge is 2.45. The van der Waals surface area contributed by atoms with E-state index < -0.39 is 0 Å². The number of nitrogens with one attached hydrogen (secondary N) is 1. The predicted octanol–water partition coefficient (Wildman–Crippen LogP) is 2.70. The second-order valence-corrected chi connectivity index (χ2v) is 6.76. The van der Waals surface area contributed by atoms with Gasteiger partial charge in [-0.25, -0.2) is 0 Å². The van der Waals surface area contributed by atoms with Crippen molar-refractivity contribution in [1.29, 1.82) is 0 Å². The van der Waals surface area contributed by atoms with E-state index in [0.29, 0.717) is 12.6 Å². The van der Waals surface area contributed by atoms with Crippen LogP contribution in [-0.2, 0) is 4.79 Å². The Morgan fingerprint density at radius 2 is 2.19 bits per heavy atom. The van der Waals surface area contributed by atoms with Crippen LogP contribution in [0.5, 0.6) is 5.75 Å². The lowest BCUT2D eigenvalue weighted by atomic mass is 9.86. The highest BCUT2D eigenvalue weighted by molar-refractivity contribution is 5.81. The van der Waals surface area contributed by atoms with Gasteiger partial charge in [0.25, 0.3) is 0 Å². The van der Waals surface area contributed by atoms with E-state index in [4.69, 9.17) is 4.74 Å². The lowest BCUT2D eigenvalue weighted by molar-refractivity contribution is -0.132. The number of ether oxygens (including phenoxy) is 1. The first-order chi connectivity index (χ1) is 10.0. The van der Waals surface area contributed by atoms with Crippen LogP contribution in [0.4, 0.5) is 0 Å². The number of amides is 1. The Labute approximate surface area is 126 Å². The Balaban J connectivity index is 1.92. The number of methoxy groups -OCH3 is 1. The Morgan fingerprint density at radius 1 is 1.38 bits per heavy atom. The molecule has 0 spiro atoms. The summed E-state index contributed by atoms with van der Waals surface area (Å²) in [5.74, 6) is 1.04. The smallest absolute Gasteiger partial charge is 0.238 e. The van der Waals surface area contributed by atoms with Crippen molar-refractivity contribution in [3.63, 3.8) is 0 Å². The molecule has 4 nitrogen and oxygen atoms in total. The zero-order valence-corrected chi connectivity index (χ0v) is 13.1. The van der Waals surface area contributed by atoms with E-state index in [1.165, 1.54) is 12.8 Å². The van der Waals surface area contributed by atoms with E-state index in [2.05, 4.69) is 30.1 Å². The number of hydrogen-bond donors (Lipinski definition) is 1. The second kappa shape index (κ2) is 5.34. The van der Waals surface area contributed by atoms with E-state index in [1.807, 2.05) is 18.2 Å². The molecule has 1 saturated heterocycles. The number of carbonyl (C=O) groups is 1. The molecule has 0 radical (unpaired) electrons. The van der Waals surface area contributed by atoms with Gasteiger partial charge in [0, 0.05) is 6.04 Å². The van der Waals surface area contributed by atoms with Gasteiger partial charge in [-0.2, -0.15) is 0 Å². The van der Waals surface area contributed by atoms with Gasteiger partial charge in [0.05, 0.1) is 13.7 Å². The molecule has 1 amide bonds. The van der Waals surface area contributed by atoms with Crippen molar-refractivity contribution in [3.05, 3.63) is 29.8 Å². The lowest BCUT2D eigenvalue weighted by Crippen LogP contribution is -2.45. The van der Waals surface area contributed by atoms with Crippen LogP contribution in [0.3, 0.4) is 0 Å².